The largest absolute Gasteiger partial charge is 0.440 e. The maximum atomic E-state index is 12.5. The van der Waals surface area contributed by atoms with Crippen molar-refractivity contribution >= 4 is 38.4 Å². The molecule has 0 radical (unpaired) electrons. The molecule has 2 heterocycles. The molecule has 156 valence electrons. The van der Waals surface area contributed by atoms with Crippen LogP contribution in [0.3, 0.4) is 0 Å². The fourth-order valence-corrected chi connectivity index (χ4v) is 5.46. The Labute approximate surface area is 178 Å². The smallest absolute Gasteiger partial charge is 0.251 e. The van der Waals surface area contributed by atoms with E-state index in [1.54, 1.807) is 6.07 Å². The van der Waals surface area contributed by atoms with Crippen molar-refractivity contribution in [2.45, 2.75) is 42.7 Å². The topological polar surface area (TPSA) is 102 Å². The Bertz CT molecular complexity index is 1260. The van der Waals surface area contributed by atoms with Crippen molar-refractivity contribution < 1.29 is 17.6 Å². The minimum atomic E-state index is -3.45. The summed E-state index contributed by atoms with van der Waals surface area (Å²) in [5.41, 5.74) is 2.07. The van der Waals surface area contributed by atoms with E-state index in [4.69, 9.17) is 16.0 Å². The highest BCUT2D eigenvalue weighted by Crippen LogP contribution is 2.61. The van der Waals surface area contributed by atoms with E-state index in [9.17, 15) is 13.2 Å². The maximum absolute atomic E-state index is 12.5. The van der Waals surface area contributed by atoms with Crippen LogP contribution in [0.2, 0.25) is 5.02 Å². The van der Waals surface area contributed by atoms with E-state index in [-0.39, 0.29) is 22.4 Å². The normalized spacial score (nSPS) is 25.7. The molecule has 7 nitrogen and oxygen atoms in total. The Kier molecular flexibility index (Phi) is 4.41. The van der Waals surface area contributed by atoms with Crippen molar-refractivity contribution in [3.63, 3.8) is 0 Å². The van der Waals surface area contributed by atoms with Crippen LogP contribution in [0.25, 0.3) is 11.1 Å². The number of halogens is 1. The summed E-state index contributed by atoms with van der Waals surface area (Å²) in [5, 5.41) is 3.55. The number of pyridine rings is 1. The lowest BCUT2D eigenvalue weighted by molar-refractivity contribution is -0.0253. The molecule has 2 fully saturated rings. The van der Waals surface area contributed by atoms with Crippen molar-refractivity contribution in [1.29, 1.82) is 0 Å². The summed E-state index contributed by atoms with van der Waals surface area (Å²) in [6, 6.07) is 8.38. The van der Waals surface area contributed by atoms with Crippen LogP contribution in [0.15, 0.2) is 46.0 Å². The minimum absolute atomic E-state index is 0.0933. The van der Waals surface area contributed by atoms with Gasteiger partial charge in [0.25, 0.3) is 5.91 Å². The molecule has 0 unspecified atom stereocenters. The molecule has 5 rings (SSSR count). The number of carbonyl (C=O) groups excluding carboxylic acids is 1. The maximum Gasteiger partial charge on any atom is 0.251 e. The van der Waals surface area contributed by atoms with Crippen LogP contribution in [0, 0.1) is 5.41 Å². The molecule has 0 bridgehead atoms. The lowest BCUT2D eigenvalue weighted by atomic mass is 9.50. The van der Waals surface area contributed by atoms with Gasteiger partial charge in [-0.2, -0.15) is 0 Å². The number of nitrogens with zero attached hydrogens (tertiary/aromatic N) is 2. The fourth-order valence-electron chi connectivity index (χ4n) is 4.70. The Morgan fingerprint density at radius 2 is 1.97 bits per heavy atom. The number of fused-ring (bicyclic) bond motifs is 1. The summed E-state index contributed by atoms with van der Waals surface area (Å²) >= 11 is 6.02. The number of carbonyl (C=O) groups is 1. The molecule has 30 heavy (non-hydrogen) atoms. The van der Waals surface area contributed by atoms with Crippen molar-refractivity contribution in [2.24, 2.45) is 5.41 Å². The Morgan fingerprint density at radius 3 is 2.70 bits per heavy atom. The van der Waals surface area contributed by atoms with Gasteiger partial charge in [0.1, 0.15) is 5.52 Å². The first-order chi connectivity index (χ1) is 14.2. The van der Waals surface area contributed by atoms with Gasteiger partial charge in [-0.05, 0) is 61.4 Å². The lowest BCUT2D eigenvalue weighted by Crippen LogP contribution is -2.55. The van der Waals surface area contributed by atoms with Crippen LogP contribution in [-0.2, 0) is 9.84 Å². The van der Waals surface area contributed by atoms with Gasteiger partial charge in [-0.3, -0.25) is 4.79 Å². The number of amides is 1. The van der Waals surface area contributed by atoms with Crippen molar-refractivity contribution in [2.75, 3.05) is 6.26 Å². The average molecular weight is 446 g/mol. The third-order valence-electron chi connectivity index (χ3n) is 6.15. The predicted molar refractivity (Wildman–Crippen MR) is 111 cm³/mol. The molecule has 1 spiro atoms. The van der Waals surface area contributed by atoms with Gasteiger partial charge < -0.3 is 9.73 Å². The number of benzene rings is 1. The standard InChI is InChI=1S/C21H20ClN3O4S/c1-30(27,28)18-6-12(4-5-23-18)19(26)24-15-10-21(11-15)8-13(9-21)20-25-16-7-14(22)2-3-17(16)29-20/h2-7,13,15H,8-11H2,1H3,(H,24,26). The van der Waals surface area contributed by atoms with Crippen molar-refractivity contribution in [3.8, 4) is 0 Å². The summed E-state index contributed by atoms with van der Waals surface area (Å²) < 4.78 is 29.2. The summed E-state index contributed by atoms with van der Waals surface area (Å²) in [6.45, 7) is 0. The van der Waals surface area contributed by atoms with Gasteiger partial charge in [-0.25, -0.2) is 18.4 Å². The number of nitrogens with one attached hydrogen (secondary N) is 1. The second kappa shape index (κ2) is 6.78. The predicted octanol–water partition coefficient (Wildman–Crippen LogP) is 3.74. The molecule has 9 heteroatoms. The number of rotatable bonds is 4. The molecule has 1 N–H and O–H groups in total. The van der Waals surface area contributed by atoms with Crippen molar-refractivity contribution in [3.05, 3.63) is 53.0 Å². The van der Waals surface area contributed by atoms with Gasteiger partial charge in [0, 0.05) is 35.0 Å². The summed E-state index contributed by atoms with van der Waals surface area (Å²) in [5.74, 6) is 0.787. The van der Waals surface area contributed by atoms with E-state index >= 15 is 0 Å². The highest BCUT2D eigenvalue weighted by Gasteiger charge is 2.54. The second-order valence-corrected chi connectivity index (χ2v) is 10.9. The van der Waals surface area contributed by atoms with Gasteiger partial charge >= 0.3 is 0 Å². The number of oxazole rings is 1. The quantitative estimate of drug-likeness (QED) is 0.656. The first kappa shape index (κ1) is 19.5. The van der Waals surface area contributed by atoms with Gasteiger partial charge in [-0.1, -0.05) is 11.6 Å². The summed E-state index contributed by atoms with van der Waals surface area (Å²) in [6.07, 6.45) is 6.22. The molecule has 0 atom stereocenters. The van der Waals surface area contributed by atoms with E-state index in [1.807, 2.05) is 12.1 Å². The number of sulfone groups is 1. The molecular weight excluding hydrogens is 426 g/mol. The summed E-state index contributed by atoms with van der Waals surface area (Å²) in [7, 11) is -3.45. The van der Waals surface area contributed by atoms with Crippen LogP contribution in [0.4, 0.5) is 0 Å². The lowest BCUT2D eigenvalue weighted by Gasteiger charge is -2.57. The van der Waals surface area contributed by atoms with Crippen LogP contribution >= 0.6 is 11.6 Å². The van der Waals surface area contributed by atoms with E-state index < -0.39 is 9.84 Å². The third-order valence-corrected chi connectivity index (χ3v) is 7.36. The molecule has 2 aromatic heterocycles. The van der Waals surface area contributed by atoms with E-state index in [0.29, 0.717) is 16.5 Å². The number of hydrogen-bond donors (Lipinski definition) is 1. The van der Waals surface area contributed by atoms with Crippen LogP contribution < -0.4 is 5.32 Å². The van der Waals surface area contributed by atoms with Gasteiger partial charge in [0.05, 0.1) is 0 Å². The van der Waals surface area contributed by atoms with Crippen molar-refractivity contribution in [1.82, 2.24) is 15.3 Å². The first-order valence-electron chi connectivity index (χ1n) is 9.74. The third kappa shape index (κ3) is 3.48. The molecule has 2 aliphatic rings. The van der Waals surface area contributed by atoms with Gasteiger partial charge in [-0.15, -0.1) is 0 Å². The second-order valence-electron chi connectivity index (χ2n) is 8.50. The van der Waals surface area contributed by atoms with E-state index in [2.05, 4.69) is 15.3 Å². The molecule has 0 aliphatic heterocycles. The zero-order chi connectivity index (χ0) is 21.1. The van der Waals surface area contributed by atoms with Gasteiger partial charge in [0.2, 0.25) is 0 Å². The average Bonchev–Trinajstić information content (AvgIpc) is 3.04. The number of aromatic nitrogens is 2. The molecule has 0 saturated heterocycles. The Hall–Kier alpha value is -2.45. The summed E-state index contributed by atoms with van der Waals surface area (Å²) in [4.78, 5) is 20.9. The molecular formula is C21H20ClN3O4S. The Morgan fingerprint density at radius 1 is 1.20 bits per heavy atom. The molecule has 1 amide bonds. The van der Waals surface area contributed by atoms with Crippen LogP contribution in [0.1, 0.15) is 47.8 Å². The monoisotopic (exact) mass is 445 g/mol. The van der Waals surface area contributed by atoms with E-state index in [1.165, 1.54) is 18.3 Å². The first-order valence-corrected chi connectivity index (χ1v) is 12.0. The van der Waals surface area contributed by atoms with E-state index in [0.717, 1.165) is 48.9 Å². The highest BCUT2D eigenvalue weighted by atomic mass is 35.5. The Balaban J connectivity index is 1.18. The SMILES string of the molecule is CS(=O)(=O)c1cc(C(=O)NC2CC3(C2)CC(c2nc4cc(Cl)ccc4o2)C3)ccn1. The van der Waals surface area contributed by atoms with Gasteiger partial charge in [0.15, 0.2) is 26.3 Å². The number of hydrogen-bond acceptors (Lipinski definition) is 6. The minimum Gasteiger partial charge on any atom is -0.440 e. The zero-order valence-electron chi connectivity index (χ0n) is 16.3. The van der Waals surface area contributed by atoms with Crippen LogP contribution in [0.5, 0.6) is 0 Å². The van der Waals surface area contributed by atoms with Crippen LogP contribution in [-0.4, -0.2) is 36.6 Å². The highest BCUT2D eigenvalue weighted by molar-refractivity contribution is 7.90. The molecule has 2 saturated carbocycles. The fraction of sp³-hybridized carbons (Fsp3) is 0.381. The zero-order valence-corrected chi connectivity index (χ0v) is 17.8. The molecule has 1 aromatic carbocycles. The molecule has 3 aromatic rings. The molecule has 2 aliphatic carbocycles.